The number of hydrogen-bond acceptors (Lipinski definition) is 4. The Morgan fingerprint density at radius 1 is 1.19 bits per heavy atom. The highest BCUT2D eigenvalue weighted by Crippen LogP contribution is 2.24. The summed E-state index contributed by atoms with van der Waals surface area (Å²) in [5.74, 6) is 0. The molecule has 2 N–H and O–H groups in total. The van der Waals surface area contributed by atoms with Crippen LogP contribution >= 0.6 is 0 Å². The summed E-state index contributed by atoms with van der Waals surface area (Å²) < 4.78 is 28.6. The van der Waals surface area contributed by atoms with Gasteiger partial charge in [-0.05, 0) is 61.9 Å². The molecule has 0 saturated carbocycles. The second kappa shape index (κ2) is 6.81. The van der Waals surface area contributed by atoms with Gasteiger partial charge in [0.2, 0.25) is 10.0 Å². The van der Waals surface area contributed by atoms with Crippen LogP contribution in [0.15, 0.2) is 35.4 Å². The van der Waals surface area contributed by atoms with E-state index in [0.717, 1.165) is 48.0 Å². The molecule has 0 radical (unpaired) electrons. The third-order valence-corrected chi connectivity index (χ3v) is 6.34. The lowest BCUT2D eigenvalue weighted by molar-refractivity contribution is 0.580. The lowest BCUT2D eigenvalue weighted by Crippen LogP contribution is -2.24. The number of sulfonamides is 1. The minimum absolute atomic E-state index is 0.191. The molecular formula is C19H22N4O2S. The van der Waals surface area contributed by atoms with Gasteiger partial charge in [-0.3, -0.25) is 10.1 Å². The van der Waals surface area contributed by atoms with Gasteiger partial charge < -0.3 is 0 Å². The van der Waals surface area contributed by atoms with E-state index in [9.17, 15) is 8.42 Å². The lowest BCUT2D eigenvalue weighted by Gasteiger charge is -2.10. The second-order valence-corrected chi connectivity index (χ2v) is 8.59. The van der Waals surface area contributed by atoms with Gasteiger partial charge in [0.15, 0.2) is 0 Å². The van der Waals surface area contributed by atoms with Crippen molar-refractivity contribution in [2.45, 2.75) is 50.5 Å². The standard InChI is InChI=1S/C19H22N4O2S/c1-13-10-14-6-5-9-20-19(14)18(11-13)26(24,25)21-12-17-15-7-3-2-4-8-16(15)22-23-17/h5-6,9-11,21H,2-4,7-8,12H2,1H3,(H,22,23). The lowest BCUT2D eigenvalue weighted by atomic mass is 10.1. The van der Waals surface area contributed by atoms with Crippen LogP contribution in [0.4, 0.5) is 0 Å². The molecule has 136 valence electrons. The molecule has 6 nitrogen and oxygen atoms in total. The first-order valence-corrected chi connectivity index (χ1v) is 10.4. The van der Waals surface area contributed by atoms with Crippen LogP contribution in [0.2, 0.25) is 0 Å². The zero-order valence-electron chi connectivity index (χ0n) is 14.7. The van der Waals surface area contributed by atoms with Gasteiger partial charge in [-0.15, -0.1) is 0 Å². The van der Waals surface area contributed by atoms with E-state index in [1.165, 1.54) is 12.0 Å². The molecule has 7 heteroatoms. The molecule has 1 aliphatic carbocycles. The maximum atomic E-state index is 12.9. The summed E-state index contributed by atoms with van der Waals surface area (Å²) in [7, 11) is -3.69. The molecule has 2 heterocycles. The molecule has 0 spiro atoms. The van der Waals surface area contributed by atoms with Gasteiger partial charge in [-0.25, -0.2) is 13.1 Å². The average molecular weight is 370 g/mol. The molecule has 0 amide bonds. The Balaban J connectivity index is 1.64. The molecule has 0 unspecified atom stereocenters. The predicted molar refractivity (Wildman–Crippen MR) is 100 cm³/mol. The number of benzene rings is 1. The predicted octanol–water partition coefficient (Wildman–Crippen LogP) is 3.01. The number of fused-ring (bicyclic) bond motifs is 2. The van der Waals surface area contributed by atoms with E-state index in [4.69, 9.17) is 0 Å². The Morgan fingerprint density at radius 2 is 2.04 bits per heavy atom. The van der Waals surface area contributed by atoms with E-state index in [2.05, 4.69) is 19.9 Å². The van der Waals surface area contributed by atoms with Crippen LogP contribution < -0.4 is 4.72 Å². The molecule has 1 aliphatic rings. The van der Waals surface area contributed by atoms with Gasteiger partial charge in [-0.2, -0.15) is 5.10 Å². The summed E-state index contributed by atoms with van der Waals surface area (Å²) in [6.45, 7) is 2.08. The zero-order chi connectivity index (χ0) is 18.1. The van der Waals surface area contributed by atoms with Crippen LogP contribution in [0.1, 0.15) is 41.8 Å². The molecule has 0 bridgehead atoms. The normalized spacial score (nSPS) is 15.0. The van der Waals surface area contributed by atoms with Crippen molar-refractivity contribution in [3.8, 4) is 0 Å². The van der Waals surface area contributed by atoms with E-state index in [-0.39, 0.29) is 11.4 Å². The Hall–Kier alpha value is -2.25. The van der Waals surface area contributed by atoms with Crippen LogP contribution in [0.3, 0.4) is 0 Å². The third-order valence-electron chi connectivity index (χ3n) is 4.93. The molecule has 0 aliphatic heterocycles. The molecular weight excluding hydrogens is 348 g/mol. The fourth-order valence-electron chi connectivity index (χ4n) is 3.62. The smallest absolute Gasteiger partial charge is 0.243 e. The number of hydrogen-bond donors (Lipinski definition) is 2. The van der Waals surface area contributed by atoms with Crippen LogP contribution in [0.25, 0.3) is 10.9 Å². The fourth-order valence-corrected chi connectivity index (χ4v) is 4.87. The highest BCUT2D eigenvalue weighted by atomic mass is 32.2. The van der Waals surface area contributed by atoms with Crippen LogP contribution in [0.5, 0.6) is 0 Å². The Labute approximate surface area is 153 Å². The van der Waals surface area contributed by atoms with Crippen molar-refractivity contribution in [1.29, 1.82) is 0 Å². The molecule has 0 fully saturated rings. The van der Waals surface area contributed by atoms with Crippen molar-refractivity contribution in [2.75, 3.05) is 0 Å². The molecule has 0 atom stereocenters. The van der Waals surface area contributed by atoms with Crippen molar-refractivity contribution < 1.29 is 8.42 Å². The van der Waals surface area contributed by atoms with Gasteiger partial charge in [0, 0.05) is 17.3 Å². The Kier molecular flexibility index (Phi) is 4.50. The van der Waals surface area contributed by atoms with E-state index in [0.29, 0.717) is 5.52 Å². The first-order valence-electron chi connectivity index (χ1n) is 8.94. The Morgan fingerprint density at radius 3 is 2.92 bits per heavy atom. The van der Waals surface area contributed by atoms with Gasteiger partial charge >= 0.3 is 0 Å². The van der Waals surface area contributed by atoms with Crippen molar-refractivity contribution in [2.24, 2.45) is 0 Å². The van der Waals surface area contributed by atoms with Crippen molar-refractivity contribution in [3.63, 3.8) is 0 Å². The third kappa shape index (κ3) is 3.24. The highest BCUT2D eigenvalue weighted by Gasteiger charge is 2.21. The summed E-state index contributed by atoms with van der Waals surface area (Å²) in [4.78, 5) is 4.49. The van der Waals surface area contributed by atoms with Crippen LogP contribution in [-0.4, -0.2) is 23.6 Å². The number of nitrogens with one attached hydrogen (secondary N) is 2. The molecule has 2 aromatic heterocycles. The topological polar surface area (TPSA) is 87.7 Å². The molecule has 3 aromatic rings. The van der Waals surface area contributed by atoms with Crippen LogP contribution in [0, 0.1) is 6.92 Å². The SMILES string of the molecule is Cc1cc(S(=O)(=O)NCc2n[nH]c3c2CCCCC3)c2ncccc2c1. The summed E-state index contributed by atoms with van der Waals surface area (Å²) in [6.07, 6.45) is 7.04. The quantitative estimate of drug-likeness (QED) is 0.691. The van der Waals surface area contributed by atoms with Gasteiger partial charge in [0.25, 0.3) is 0 Å². The first kappa shape index (κ1) is 17.2. The summed E-state index contributed by atoms with van der Waals surface area (Å²) >= 11 is 0. The second-order valence-electron chi connectivity index (χ2n) is 6.85. The van der Waals surface area contributed by atoms with Crippen LogP contribution in [-0.2, 0) is 29.4 Å². The van der Waals surface area contributed by atoms with E-state index >= 15 is 0 Å². The zero-order valence-corrected chi connectivity index (χ0v) is 15.6. The largest absolute Gasteiger partial charge is 0.282 e. The number of aryl methyl sites for hydroxylation is 2. The summed E-state index contributed by atoms with van der Waals surface area (Å²) in [5, 5.41) is 8.25. The van der Waals surface area contributed by atoms with E-state index in [1.807, 2.05) is 25.1 Å². The molecule has 0 saturated heterocycles. The van der Waals surface area contributed by atoms with Gasteiger partial charge in [-0.1, -0.05) is 12.5 Å². The van der Waals surface area contributed by atoms with Crippen molar-refractivity contribution in [1.82, 2.24) is 19.9 Å². The number of aromatic amines is 1. The molecule has 1 aromatic carbocycles. The highest BCUT2D eigenvalue weighted by molar-refractivity contribution is 7.89. The number of aromatic nitrogens is 3. The first-order chi connectivity index (χ1) is 12.5. The molecule has 26 heavy (non-hydrogen) atoms. The molecule has 4 rings (SSSR count). The van der Waals surface area contributed by atoms with Gasteiger partial charge in [0.1, 0.15) is 4.90 Å². The van der Waals surface area contributed by atoms with E-state index in [1.54, 1.807) is 12.3 Å². The summed E-state index contributed by atoms with van der Waals surface area (Å²) in [6, 6.07) is 7.30. The number of pyridine rings is 1. The van der Waals surface area contributed by atoms with Gasteiger partial charge in [0.05, 0.1) is 17.8 Å². The summed E-state index contributed by atoms with van der Waals surface area (Å²) in [5.41, 5.74) is 4.51. The minimum Gasteiger partial charge on any atom is -0.282 e. The maximum Gasteiger partial charge on any atom is 0.243 e. The monoisotopic (exact) mass is 370 g/mol. The van der Waals surface area contributed by atoms with Crippen molar-refractivity contribution >= 4 is 20.9 Å². The average Bonchev–Trinajstić information content (AvgIpc) is 2.85. The Bertz CT molecular complexity index is 1060. The fraction of sp³-hybridized carbons (Fsp3) is 0.368. The number of H-pyrrole nitrogens is 1. The van der Waals surface area contributed by atoms with E-state index < -0.39 is 10.0 Å². The maximum absolute atomic E-state index is 12.9. The van der Waals surface area contributed by atoms with Crippen molar-refractivity contribution in [3.05, 3.63) is 53.0 Å². The number of rotatable bonds is 4. The minimum atomic E-state index is -3.69. The number of nitrogens with zero attached hydrogens (tertiary/aromatic N) is 2.